The first-order chi connectivity index (χ1) is 12.1. The van der Waals surface area contributed by atoms with Crippen LogP contribution in [0.5, 0.6) is 0 Å². The summed E-state index contributed by atoms with van der Waals surface area (Å²) in [5.41, 5.74) is 7.18. The van der Waals surface area contributed by atoms with Gasteiger partial charge in [0.25, 0.3) is 5.91 Å². The van der Waals surface area contributed by atoms with Crippen LogP contribution < -0.4 is 5.73 Å². The molecule has 1 saturated heterocycles. The van der Waals surface area contributed by atoms with Crippen LogP contribution in [0, 0.1) is 0 Å². The second-order valence-electron chi connectivity index (χ2n) is 6.00. The molecular formula is C17H22ClF2N5O. The summed E-state index contributed by atoms with van der Waals surface area (Å²) in [5, 5.41) is 0. The molecule has 26 heavy (non-hydrogen) atoms. The fourth-order valence-corrected chi connectivity index (χ4v) is 2.92. The number of aromatic nitrogens is 2. The predicted octanol–water partition coefficient (Wildman–Crippen LogP) is 2.12. The molecule has 0 bridgehead atoms. The van der Waals surface area contributed by atoms with Gasteiger partial charge in [-0.3, -0.25) is 14.3 Å². The van der Waals surface area contributed by atoms with E-state index < -0.39 is 6.55 Å². The number of benzene rings is 1. The zero-order valence-corrected chi connectivity index (χ0v) is 15.0. The van der Waals surface area contributed by atoms with E-state index in [2.05, 4.69) is 4.98 Å². The van der Waals surface area contributed by atoms with Gasteiger partial charge in [0.2, 0.25) is 0 Å². The Hall–Kier alpha value is -2.03. The highest BCUT2D eigenvalue weighted by Crippen LogP contribution is 2.16. The molecule has 1 amide bonds. The van der Waals surface area contributed by atoms with Gasteiger partial charge in [-0.1, -0.05) is 12.1 Å². The molecule has 0 atom stereocenters. The highest BCUT2D eigenvalue weighted by atomic mass is 35.5. The molecule has 1 aliphatic heterocycles. The molecule has 6 nitrogen and oxygen atoms in total. The Morgan fingerprint density at radius 3 is 2.38 bits per heavy atom. The van der Waals surface area contributed by atoms with Crippen molar-refractivity contribution in [3.63, 3.8) is 0 Å². The number of rotatable bonds is 5. The van der Waals surface area contributed by atoms with E-state index in [9.17, 15) is 13.6 Å². The normalized spacial score (nSPS) is 15.2. The molecule has 1 aliphatic rings. The fourth-order valence-electron chi connectivity index (χ4n) is 2.92. The number of hydrogen-bond acceptors (Lipinski definition) is 4. The maximum atomic E-state index is 12.9. The number of hydrogen-bond donors (Lipinski definition) is 1. The Morgan fingerprint density at radius 1 is 1.15 bits per heavy atom. The largest absolute Gasteiger partial charge is 0.336 e. The quantitative estimate of drug-likeness (QED) is 0.856. The summed E-state index contributed by atoms with van der Waals surface area (Å²) in [6, 6.07) is 7.29. The Bertz CT molecular complexity index is 714. The van der Waals surface area contributed by atoms with Crippen LogP contribution in [0.25, 0.3) is 0 Å². The maximum absolute atomic E-state index is 12.9. The van der Waals surface area contributed by atoms with Crippen molar-refractivity contribution in [1.82, 2.24) is 19.4 Å². The summed E-state index contributed by atoms with van der Waals surface area (Å²) in [6.07, 6.45) is 2.66. The first kappa shape index (κ1) is 20.3. The predicted molar refractivity (Wildman–Crippen MR) is 96.2 cm³/mol. The summed E-state index contributed by atoms with van der Waals surface area (Å²) in [6.45, 7) is 0.592. The minimum atomic E-state index is -2.59. The average Bonchev–Trinajstić information content (AvgIpc) is 3.10. The average molecular weight is 386 g/mol. The molecule has 2 heterocycles. The van der Waals surface area contributed by atoms with Crippen molar-refractivity contribution in [2.24, 2.45) is 5.73 Å². The number of nitrogens with zero attached hydrogens (tertiary/aromatic N) is 4. The van der Waals surface area contributed by atoms with Crippen molar-refractivity contribution in [3.05, 3.63) is 53.6 Å². The molecular weight excluding hydrogens is 364 g/mol. The van der Waals surface area contributed by atoms with Crippen LogP contribution in [-0.4, -0.2) is 51.4 Å². The second kappa shape index (κ2) is 9.07. The lowest BCUT2D eigenvalue weighted by Crippen LogP contribution is -2.48. The smallest absolute Gasteiger partial charge is 0.319 e. The van der Waals surface area contributed by atoms with Gasteiger partial charge in [0.05, 0.1) is 6.54 Å². The number of alkyl halides is 2. The Morgan fingerprint density at radius 2 is 1.81 bits per heavy atom. The topological polar surface area (TPSA) is 67.4 Å². The van der Waals surface area contributed by atoms with Crippen molar-refractivity contribution in [2.75, 3.05) is 26.2 Å². The molecule has 142 valence electrons. The van der Waals surface area contributed by atoms with E-state index in [0.717, 1.165) is 10.1 Å². The van der Waals surface area contributed by atoms with Crippen LogP contribution in [0.3, 0.4) is 0 Å². The molecule has 1 aromatic heterocycles. The van der Waals surface area contributed by atoms with Crippen LogP contribution in [0.4, 0.5) is 8.78 Å². The summed E-state index contributed by atoms with van der Waals surface area (Å²) in [4.78, 5) is 20.3. The maximum Gasteiger partial charge on any atom is 0.319 e. The van der Waals surface area contributed by atoms with Gasteiger partial charge in [-0.2, -0.15) is 8.78 Å². The van der Waals surface area contributed by atoms with Crippen LogP contribution in [0.15, 0.2) is 36.7 Å². The number of nitrogens with two attached hydrogens (primary N) is 1. The number of carbonyl (C=O) groups excluding carboxylic acids is 1. The molecule has 0 unspecified atom stereocenters. The molecule has 2 aromatic rings. The lowest BCUT2D eigenvalue weighted by atomic mass is 10.1. The molecule has 0 radical (unpaired) electrons. The van der Waals surface area contributed by atoms with Crippen molar-refractivity contribution < 1.29 is 13.6 Å². The van der Waals surface area contributed by atoms with Crippen molar-refractivity contribution >= 4 is 18.3 Å². The van der Waals surface area contributed by atoms with Crippen LogP contribution in [-0.2, 0) is 13.1 Å². The minimum absolute atomic E-state index is 0. The van der Waals surface area contributed by atoms with Crippen LogP contribution in [0.1, 0.15) is 28.3 Å². The van der Waals surface area contributed by atoms with E-state index in [1.165, 1.54) is 12.4 Å². The lowest BCUT2D eigenvalue weighted by molar-refractivity contribution is 0.0555. The number of piperazine rings is 1. The SMILES string of the molecule is Cl.NCc1ccc(C(=O)N2CCN(Cc3nccn3C(F)F)CC2)cc1. The third-order valence-electron chi connectivity index (χ3n) is 4.42. The standard InChI is InChI=1S/C17H21F2N5O.ClH/c18-17(19)24-6-5-21-15(24)12-22-7-9-23(10-8-22)16(25)14-3-1-13(11-20)2-4-14;/h1-6,17H,7-12,20H2;1H. The van der Waals surface area contributed by atoms with Crippen molar-refractivity contribution in [3.8, 4) is 0 Å². The summed E-state index contributed by atoms with van der Waals surface area (Å²) >= 11 is 0. The second-order valence-corrected chi connectivity index (χ2v) is 6.00. The van der Waals surface area contributed by atoms with Crippen LogP contribution in [0.2, 0.25) is 0 Å². The summed E-state index contributed by atoms with van der Waals surface area (Å²) in [7, 11) is 0. The van der Waals surface area contributed by atoms with Gasteiger partial charge in [0.1, 0.15) is 5.82 Å². The van der Waals surface area contributed by atoms with Crippen molar-refractivity contribution in [1.29, 1.82) is 0 Å². The molecule has 1 aromatic carbocycles. The first-order valence-corrected chi connectivity index (χ1v) is 8.19. The molecule has 2 N–H and O–H groups in total. The van der Waals surface area contributed by atoms with E-state index in [0.29, 0.717) is 50.7 Å². The Kier molecular flexibility index (Phi) is 7.07. The van der Waals surface area contributed by atoms with Gasteiger partial charge in [0, 0.05) is 50.7 Å². The fraction of sp³-hybridized carbons (Fsp3) is 0.412. The van der Waals surface area contributed by atoms with Gasteiger partial charge >= 0.3 is 6.55 Å². The summed E-state index contributed by atoms with van der Waals surface area (Å²) in [5.74, 6) is 0.324. The Balaban J connectivity index is 0.00000243. The first-order valence-electron chi connectivity index (χ1n) is 8.19. The van der Waals surface area contributed by atoms with E-state index in [4.69, 9.17) is 5.73 Å². The number of halogens is 3. The third kappa shape index (κ3) is 4.57. The van der Waals surface area contributed by atoms with E-state index in [-0.39, 0.29) is 18.3 Å². The highest BCUT2D eigenvalue weighted by molar-refractivity contribution is 5.94. The van der Waals surface area contributed by atoms with Gasteiger partial charge in [-0.15, -0.1) is 12.4 Å². The molecule has 0 saturated carbocycles. The molecule has 9 heteroatoms. The zero-order valence-electron chi connectivity index (χ0n) is 14.2. The van der Waals surface area contributed by atoms with E-state index in [1.807, 2.05) is 17.0 Å². The number of amides is 1. The molecule has 0 spiro atoms. The zero-order chi connectivity index (χ0) is 17.8. The van der Waals surface area contributed by atoms with E-state index in [1.54, 1.807) is 17.0 Å². The van der Waals surface area contributed by atoms with Gasteiger partial charge in [-0.25, -0.2) is 4.98 Å². The minimum Gasteiger partial charge on any atom is -0.336 e. The summed E-state index contributed by atoms with van der Waals surface area (Å²) < 4.78 is 26.6. The van der Waals surface area contributed by atoms with E-state index >= 15 is 0 Å². The lowest BCUT2D eigenvalue weighted by Gasteiger charge is -2.34. The molecule has 1 fully saturated rings. The number of carbonyl (C=O) groups is 1. The monoisotopic (exact) mass is 385 g/mol. The molecule has 3 rings (SSSR count). The van der Waals surface area contributed by atoms with Crippen LogP contribution >= 0.6 is 12.4 Å². The molecule has 0 aliphatic carbocycles. The Labute approximate surface area is 157 Å². The van der Waals surface area contributed by atoms with Crippen molar-refractivity contribution in [2.45, 2.75) is 19.6 Å². The van der Waals surface area contributed by atoms with Gasteiger partial charge < -0.3 is 10.6 Å². The van der Waals surface area contributed by atoms with Gasteiger partial charge in [0.15, 0.2) is 0 Å². The number of imidazole rings is 1. The van der Waals surface area contributed by atoms with Gasteiger partial charge in [-0.05, 0) is 17.7 Å². The highest BCUT2D eigenvalue weighted by Gasteiger charge is 2.23. The third-order valence-corrected chi connectivity index (χ3v) is 4.42.